The van der Waals surface area contributed by atoms with Crippen LogP contribution in [0, 0.1) is 17.6 Å². The fourth-order valence-corrected chi connectivity index (χ4v) is 2.01. The van der Waals surface area contributed by atoms with E-state index in [1.807, 2.05) is 11.9 Å². The standard InChI is InChI=1S/C15H21F2NO2/c1-18(6-7-20-10-11-2-3-11)9-15(19)13-8-12(16)4-5-14(13)17/h4-5,8,11,15,19H,2-3,6-7,9-10H2,1H3. The number of aliphatic hydroxyl groups is 1. The van der Waals surface area contributed by atoms with Gasteiger partial charge in [-0.3, -0.25) is 0 Å². The van der Waals surface area contributed by atoms with Gasteiger partial charge < -0.3 is 14.7 Å². The molecule has 112 valence electrons. The molecule has 0 aromatic heterocycles. The first kappa shape index (κ1) is 15.4. The van der Waals surface area contributed by atoms with E-state index in [1.165, 1.54) is 12.8 Å². The molecule has 2 rings (SSSR count). The van der Waals surface area contributed by atoms with Crippen molar-refractivity contribution in [2.24, 2.45) is 5.92 Å². The van der Waals surface area contributed by atoms with E-state index in [4.69, 9.17) is 4.74 Å². The second kappa shape index (κ2) is 7.11. The Morgan fingerprint density at radius 2 is 2.15 bits per heavy atom. The fraction of sp³-hybridized carbons (Fsp3) is 0.600. The molecule has 0 radical (unpaired) electrons. The summed E-state index contributed by atoms with van der Waals surface area (Å²) in [6.07, 6.45) is 1.47. The number of ether oxygens (including phenoxy) is 1. The van der Waals surface area contributed by atoms with Crippen molar-refractivity contribution in [1.29, 1.82) is 0 Å². The van der Waals surface area contributed by atoms with Crippen LogP contribution in [-0.2, 0) is 4.74 Å². The molecule has 0 heterocycles. The second-order valence-corrected chi connectivity index (χ2v) is 5.46. The molecule has 3 nitrogen and oxygen atoms in total. The SMILES string of the molecule is CN(CCOCC1CC1)CC(O)c1cc(F)ccc1F. The average molecular weight is 285 g/mol. The summed E-state index contributed by atoms with van der Waals surface area (Å²) in [6, 6.07) is 3.12. The summed E-state index contributed by atoms with van der Waals surface area (Å²) in [6.45, 7) is 2.29. The number of hydrogen-bond acceptors (Lipinski definition) is 3. The van der Waals surface area contributed by atoms with Gasteiger partial charge in [-0.1, -0.05) is 0 Å². The number of nitrogens with zero attached hydrogens (tertiary/aromatic N) is 1. The summed E-state index contributed by atoms with van der Waals surface area (Å²) in [5.41, 5.74) is -0.00394. The number of rotatable bonds is 8. The average Bonchev–Trinajstić information content (AvgIpc) is 3.21. The zero-order valence-electron chi connectivity index (χ0n) is 11.7. The van der Waals surface area contributed by atoms with E-state index in [9.17, 15) is 13.9 Å². The molecule has 1 atom stereocenters. The van der Waals surface area contributed by atoms with E-state index in [0.29, 0.717) is 13.2 Å². The Kier molecular flexibility index (Phi) is 5.46. The molecule has 0 bridgehead atoms. The molecular formula is C15H21F2NO2. The van der Waals surface area contributed by atoms with Crippen LogP contribution in [-0.4, -0.2) is 43.4 Å². The highest BCUT2D eigenvalue weighted by Gasteiger charge is 2.21. The topological polar surface area (TPSA) is 32.7 Å². The number of aliphatic hydroxyl groups excluding tert-OH is 1. The number of hydrogen-bond donors (Lipinski definition) is 1. The molecular weight excluding hydrogens is 264 g/mol. The Balaban J connectivity index is 1.74. The van der Waals surface area contributed by atoms with Gasteiger partial charge >= 0.3 is 0 Å². The molecule has 20 heavy (non-hydrogen) atoms. The third kappa shape index (κ3) is 4.81. The van der Waals surface area contributed by atoms with Crippen molar-refractivity contribution < 1.29 is 18.6 Å². The minimum Gasteiger partial charge on any atom is -0.387 e. The van der Waals surface area contributed by atoms with Gasteiger partial charge in [0.25, 0.3) is 0 Å². The molecule has 0 spiro atoms. The van der Waals surface area contributed by atoms with Crippen LogP contribution in [0.4, 0.5) is 8.78 Å². The largest absolute Gasteiger partial charge is 0.387 e. The van der Waals surface area contributed by atoms with Crippen LogP contribution in [0.1, 0.15) is 24.5 Å². The monoisotopic (exact) mass is 285 g/mol. The van der Waals surface area contributed by atoms with Gasteiger partial charge in [-0.05, 0) is 44.0 Å². The highest BCUT2D eigenvalue weighted by Crippen LogP contribution is 2.28. The number of likely N-dealkylation sites (N-methyl/N-ethyl adjacent to an activating group) is 1. The van der Waals surface area contributed by atoms with E-state index in [-0.39, 0.29) is 12.1 Å². The summed E-state index contributed by atoms with van der Waals surface area (Å²) in [4.78, 5) is 1.85. The second-order valence-electron chi connectivity index (χ2n) is 5.46. The van der Waals surface area contributed by atoms with E-state index in [1.54, 1.807) is 0 Å². The predicted octanol–water partition coefficient (Wildman–Crippen LogP) is 2.36. The van der Waals surface area contributed by atoms with Gasteiger partial charge in [0, 0.05) is 25.3 Å². The van der Waals surface area contributed by atoms with Gasteiger partial charge in [-0.2, -0.15) is 0 Å². The van der Waals surface area contributed by atoms with Gasteiger partial charge in [0.15, 0.2) is 0 Å². The van der Waals surface area contributed by atoms with E-state index in [0.717, 1.165) is 30.7 Å². The molecule has 0 aliphatic heterocycles. The molecule has 0 amide bonds. The van der Waals surface area contributed by atoms with Crippen LogP contribution >= 0.6 is 0 Å². The Morgan fingerprint density at radius 3 is 2.85 bits per heavy atom. The Hall–Kier alpha value is -1.04. The Bertz CT molecular complexity index is 438. The summed E-state index contributed by atoms with van der Waals surface area (Å²) >= 11 is 0. The van der Waals surface area contributed by atoms with Crippen LogP contribution in [0.3, 0.4) is 0 Å². The maximum Gasteiger partial charge on any atom is 0.129 e. The normalized spacial score (nSPS) is 16.6. The third-order valence-electron chi connectivity index (χ3n) is 3.47. The first-order valence-electron chi connectivity index (χ1n) is 6.95. The quantitative estimate of drug-likeness (QED) is 0.744. The van der Waals surface area contributed by atoms with Crippen LogP contribution in [0.25, 0.3) is 0 Å². The lowest BCUT2D eigenvalue weighted by atomic mass is 10.1. The van der Waals surface area contributed by atoms with Crippen molar-refractivity contribution in [3.05, 3.63) is 35.4 Å². The van der Waals surface area contributed by atoms with Gasteiger partial charge in [0.1, 0.15) is 11.6 Å². The van der Waals surface area contributed by atoms with Crippen LogP contribution < -0.4 is 0 Å². The highest BCUT2D eigenvalue weighted by atomic mass is 19.1. The molecule has 1 aliphatic rings. The Labute approximate surface area is 118 Å². The molecule has 5 heteroatoms. The maximum absolute atomic E-state index is 13.5. The summed E-state index contributed by atoms with van der Waals surface area (Å²) in [5.74, 6) is -0.402. The number of benzene rings is 1. The number of halogens is 2. The van der Waals surface area contributed by atoms with Gasteiger partial charge in [-0.15, -0.1) is 0 Å². The lowest BCUT2D eigenvalue weighted by Crippen LogP contribution is -2.28. The molecule has 1 saturated carbocycles. The van der Waals surface area contributed by atoms with Crippen molar-refractivity contribution in [2.75, 3.05) is 33.4 Å². The summed E-state index contributed by atoms with van der Waals surface area (Å²) in [5, 5.41) is 9.96. The lowest BCUT2D eigenvalue weighted by molar-refractivity contribution is 0.0782. The fourth-order valence-electron chi connectivity index (χ4n) is 2.01. The minimum atomic E-state index is -1.04. The Morgan fingerprint density at radius 1 is 1.40 bits per heavy atom. The van der Waals surface area contributed by atoms with Crippen molar-refractivity contribution in [3.63, 3.8) is 0 Å². The molecule has 1 unspecified atom stereocenters. The highest BCUT2D eigenvalue weighted by molar-refractivity contribution is 5.21. The van der Waals surface area contributed by atoms with Crippen molar-refractivity contribution in [3.8, 4) is 0 Å². The molecule has 1 aliphatic carbocycles. The molecule has 1 aromatic carbocycles. The van der Waals surface area contributed by atoms with Crippen molar-refractivity contribution in [1.82, 2.24) is 4.90 Å². The summed E-state index contributed by atoms with van der Waals surface area (Å²) < 4.78 is 32.1. The first-order valence-corrected chi connectivity index (χ1v) is 6.95. The van der Waals surface area contributed by atoms with Gasteiger partial charge in [0.2, 0.25) is 0 Å². The lowest BCUT2D eigenvalue weighted by Gasteiger charge is -2.21. The first-order chi connectivity index (χ1) is 9.56. The van der Waals surface area contributed by atoms with E-state index >= 15 is 0 Å². The van der Waals surface area contributed by atoms with E-state index < -0.39 is 17.7 Å². The maximum atomic E-state index is 13.5. The molecule has 1 N–H and O–H groups in total. The van der Waals surface area contributed by atoms with E-state index in [2.05, 4.69) is 0 Å². The molecule has 1 aromatic rings. The zero-order chi connectivity index (χ0) is 14.5. The third-order valence-corrected chi connectivity index (χ3v) is 3.47. The van der Waals surface area contributed by atoms with Crippen molar-refractivity contribution >= 4 is 0 Å². The zero-order valence-corrected chi connectivity index (χ0v) is 11.7. The van der Waals surface area contributed by atoms with Crippen LogP contribution in [0.5, 0.6) is 0 Å². The summed E-state index contributed by atoms with van der Waals surface area (Å²) in [7, 11) is 1.82. The predicted molar refractivity (Wildman–Crippen MR) is 72.4 cm³/mol. The van der Waals surface area contributed by atoms with Gasteiger partial charge in [0.05, 0.1) is 12.7 Å². The van der Waals surface area contributed by atoms with Crippen molar-refractivity contribution in [2.45, 2.75) is 18.9 Å². The van der Waals surface area contributed by atoms with Crippen LogP contribution in [0.15, 0.2) is 18.2 Å². The van der Waals surface area contributed by atoms with Gasteiger partial charge in [-0.25, -0.2) is 8.78 Å². The smallest absolute Gasteiger partial charge is 0.129 e. The molecule has 1 fully saturated rings. The van der Waals surface area contributed by atoms with Crippen LogP contribution in [0.2, 0.25) is 0 Å². The molecule has 0 saturated heterocycles. The minimum absolute atomic E-state index is 0.00394.